The third-order valence-corrected chi connectivity index (χ3v) is 11.1. The minimum atomic E-state index is -2.58. The van der Waals surface area contributed by atoms with Crippen molar-refractivity contribution >= 4 is 30.8 Å². The molecule has 0 spiro atoms. The van der Waals surface area contributed by atoms with E-state index < -0.39 is 8.32 Å². The zero-order valence-corrected chi connectivity index (χ0v) is 18.0. The van der Waals surface area contributed by atoms with Crippen LogP contribution in [0.1, 0.15) is 38.5 Å². The van der Waals surface area contributed by atoms with Gasteiger partial charge in [0.05, 0.1) is 0 Å². The Bertz CT molecular complexity index is 797. The van der Waals surface area contributed by atoms with Crippen molar-refractivity contribution < 1.29 is 4.34 Å². The number of fused-ring (bicyclic) bond motifs is 2. The van der Waals surface area contributed by atoms with E-state index in [1.54, 1.807) is 0 Å². The Hall–Kier alpha value is -2.10. The molecule has 0 unspecified atom stereocenters. The van der Waals surface area contributed by atoms with Gasteiger partial charge in [-0.1, -0.05) is 130 Å². The van der Waals surface area contributed by atoms with E-state index in [2.05, 4.69) is 91.0 Å². The molecule has 5 rings (SSSR count). The highest BCUT2D eigenvalue weighted by molar-refractivity contribution is 7.09. The molecule has 3 aromatic carbocycles. The van der Waals surface area contributed by atoms with Crippen LogP contribution in [0.15, 0.2) is 91.0 Å². The van der Waals surface area contributed by atoms with E-state index in [1.807, 2.05) is 0 Å². The second-order valence-electron chi connectivity index (χ2n) is 8.74. The van der Waals surface area contributed by atoms with Gasteiger partial charge in [-0.3, -0.25) is 0 Å². The molecule has 3 heteroatoms. The summed E-state index contributed by atoms with van der Waals surface area (Å²) in [4.78, 5) is 0. The molecule has 0 aliphatic carbocycles. The maximum absolute atomic E-state index is 7.54. The first-order valence-electron chi connectivity index (χ1n) is 11.2. The summed E-state index contributed by atoms with van der Waals surface area (Å²) in [6, 6.07) is 33.2. The van der Waals surface area contributed by atoms with Gasteiger partial charge >= 0.3 is 0 Å². The molecule has 29 heavy (non-hydrogen) atoms. The lowest BCUT2D eigenvalue weighted by Gasteiger charge is -2.45. The molecule has 0 atom stereocenters. The van der Waals surface area contributed by atoms with Crippen molar-refractivity contribution in [1.29, 1.82) is 0 Å². The predicted octanol–water partition coefficient (Wildman–Crippen LogP) is 4.77. The number of rotatable bonds is 5. The third-order valence-electron chi connectivity index (χ3n) is 7.08. The lowest BCUT2D eigenvalue weighted by molar-refractivity contribution is 0.384. The highest BCUT2D eigenvalue weighted by Crippen LogP contribution is 2.47. The van der Waals surface area contributed by atoms with Gasteiger partial charge in [-0.25, -0.2) is 0 Å². The molecule has 0 aromatic heterocycles. The molecule has 0 radical (unpaired) electrons. The second kappa shape index (κ2) is 8.33. The predicted molar refractivity (Wildman–Crippen MR) is 126 cm³/mol. The Morgan fingerprint density at radius 2 is 0.897 bits per heavy atom. The number of hydrogen-bond donors (Lipinski definition) is 0. The summed E-state index contributed by atoms with van der Waals surface area (Å²) in [5.41, 5.74) is 0. The topological polar surface area (TPSA) is 9.23 Å². The van der Waals surface area contributed by atoms with E-state index in [1.165, 1.54) is 54.1 Å². The minimum Gasteiger partial charge on any atom is -0.466 e. The zero-order valence-electron chi connectivity index (χ0n) is 17.0. The highest BCUT2D eigenvalue weighted by atomic mass is 28.4. The van der Waals surface area contributed by atoms with Gasteiger partial charge in [0.25, 0.3) is 15.2 Å². The van der Waals surface area contributed by atoms with Crippen molar-refractivity contribution in [3.8, 4) is 0 Å². The Labute approximate surface area is 176 Å². The second-order valence-corrected chi connectivity index (χ2v) is 12.1. The molecule has 2 saturated heterocycles. The first-order valence-corrected chi connectivity index (χ1v) is 13.1. The minimum absolute atomic E-state index is 0.393. The SMILES string of the molecule is c1ccc([Si](OB2C3CCCC2CCC3)(c2ccccc2)c2ccccc2)cc1. The standard InChI is InChI=1S/C26H29BOSi/c1-4-16-24(17-5-1)29(25-18-6-2-7-19-25,26-20-8-3-9-21-26)28-27-22-12-10-13-23(27)15-11-14-22/h1-9,16-23H,10-15H2. The van der Waals surface area contributed by atoms with Gasteiger partial charge in [-0.15, -0.1) is 0 Å². The molecule has 1 nitrogen and oxygen atoms in total. The van der Waals surface area contributed by atoms with Gasteiger partial charge < -0.3 is 4.34 Å². The molecule has 2 aliphatic heterocycles. The van der Waals surface area contributed by atoms with Gasteiger partial charge in [-0.05, 0) is 27.2 Å². The fourth-order valence-electron chi connectivity index (χ4n) is 5.73. The van der Waals surface area contributed by atoms with E-state index in [0.29, 0.717) is 6.92 Å². The van der Waals surface area contributed by atoms with Crippen LogP contribution in [-0.4, -0.2) is 15.2 Å². The Morgan fingerprint density at radius 3 is 1.24 bits per heavy atom. The molecule has 0 saturated carbocycles. The third kappa shape index (κ3) is 3.51. The fourth-order valence-corrected chi connectivity index (χ4v) is 9.92. The Morgan fingerprint density at radius 1 is 0.552 bits per heavy atom. The molecular formula is C26H29BOSi. The average molecular weight is 396 g/mol. The number of benzene rings is 3. The average Bonchev–Trinajstić information content (AvgIpc) is 2.79. The van der Waals surface area contributed by atoms with E-state index in [0.717, 1.165) is 11.6 Å². The normalized spacial score (nSPS) is 21.7. The van der Waals surface area contributed by atoms with Gasteiger partial charge in [0, 0.05) is 0 Å². The van der Waals surface area contributed by atoms with Crippen molar-refractivity contribution in [3.63, 3.8) is 0 Å². The first kappa shape index (κ1) is 18.9. The smallest absolute Gasteiger partial charge is 0.287 e. The van der Waals surface area contributed by atoms with Crippen molar-refractivity contribution in [3.05, 3.63) is 91.0 Å². The van der Waals surface area contributed by atoms with Crippen molar-refractivity contribution in [1.82, 2.24) is 0 Å². The van der Waals surface area contributed by atoms with Crippen molar-refractivity contribution in [2.45, 2.75) is 50.2 Å². The van der Waals surface area contributed by atoms with Crippen LogP contribution in [0, 0.1) is 0 Å². The van der Waals surface area contributed by atoms with Crippen LogP contribution in [0.4, 0.5) is 0 Å². The summed E-state index contributed by atoms with van der Waals surface area (Å²) < 4.78 is 7.54. The summed E-state index contributed by atoms with van der Waals surface area (Å²) in [7, 11) is -2.58. The van der Waals surface area contributed by atoms with Crippen LogP contribution >= 0.6 is 0 Å². The molecule has 2 fully saturated rings. The number of hydrogen-bond acceptors (Lipinski definition) is 1. The fraction of sp³-hybridized carbons (Fsp3) is 0.308. The summed E-state index contributed by atoms with van der Waals surface area (Å²) in [5.74, 6) is 1.45. The van der Waals surface area contributed by atoms with Crippen LogP contribution in [0.25, 0.3) is 0 Å². The van der Waals surface area contributed by atoms with E-state index >= 15 is 0 Å². The molecule has 0 N–H and O–H groups in total. The summed E-state index contributed by atoms with van der Waals surface area (Å²) in [6.45, 7) is 0.393. The largest absolute Gasteiger partial charge is 0.466 e. The lowest BCUT2D eigenvalue weighted by Crippen LogP contribution is -2.71. The zero-order chi connectivity index (χ0) is 19.5. The maximum atomic E-state index is 7.54. The molecule has 2 bridgehead atoms. The van der Waals surface area contributed by atoms with Gasteiger partial charge in [0.15, 0.2) is 0 Å². The van der Waals surface area contributed by atoms with Crippen LogP contribution in [0.2, 0.25) is 11.6 Å². The van der Waals surface area contributed by atoms with Gasteiger partial charge in [0.2, 0.25) is 0 Å². The Kier molecular flexibility index (Phi) is 5.43. The Balaban J connectivity index is 1.70. The van der Waals surface area contributed by atoms with E-state index in [-0.39, 0.29) is 0 Å². The van der Waals surface area contributed by atoms with Crippen LogP contribution in [-0.2, 0) is 4.34 Å². The quantitative estimate of drug-likeness (QED) is 0.446. The molecular weight excluding hydrogens is 367 g/mol. The van der Waals surface area contributed by atoms with Gasteiger partial charge in [0.1, 0.15) is 0 Å². The maximum Gasteiger partial charge on any atom is 0.287 e. The molecule has 2 aliphatic rings. The summed E-state index contributed by atoms with van der Waals surface area (Å²) in [5, 5.41) is 4.09. The van der Waals surface area contributed by atoms with Crippen molar-refractivity contribution in [2.75, 3.05) is 0 Å². The van der Waals surface area contributed by atoms with E-state index in [9.17, 15) is 0 Å². The van der Waals surface area contributed by atoms with Crippen molar-refractivity contribution in [2.24, 2.45) is 0 Å². The highest BCUT2D eigenvalue weighted by Gasteiger charge is 2.49. The molecule has 3 aromatic rings. The van der Waals surface area contributed by atoms with Gasteiger partial charge in [-0.2, -0.15) is 0 Å². The van der Waals surface area contributed by atoms with Crippen LogP contribution < -0.4 is 15.6 Å². The molecule has 146 valence electrons. The summed E-state index contributed by atoms with van der Waals surface area (Å²) in [6.07, 6.45) is 8.11. The van der Waals surface area contributed by atoms with Crippen LogP contribution in [0.3, 0.4) is 0 Å². The molecule has 0 amide bonds. The van der Waals surface area contributed by atoms with E-state index in [4.69, 9.17) is 4.34 Å². The monoisotopic (exact) mass is 396 g/mol. The van der Waals surface area contributed by atoms with Crippen LogP contribution in [0.5, 0.6) is 0 Å². The first-order chi connectivity index (χ1) is 14.4. The summed E-state index contributed by atoms with van der Waals surface area (Å²) >= 11 is 0. The molecule has 2 heterocycles. The lowest BCUT2D eigenvalue weighted by atomic mass is 9.38.